The standard InChI is InChI=1S/C15H9Cl2NO6S2/c16-9-6-7-12-11(8-9)14(25(17,21)22)13(15(19)20)18(12)26(23,24)10-4-2-1-3-5-10/h1-8H,(H,19,20). The Bertz CT molecular complexity index is 1250. The van der Waals surface area contributed by atoms with Crippen LogP contribution in [0.5, 0.6) is 0 Å². The topological polar surface area (TPSA) is 111 Å². The summed E-state index contributed by atoms with van der Waals surface area (Å²) in [5.41, 5.74) is -1.16. The van der Waals surface area contributed by atoms with Crippen LogP contribution in [0.1, 0.15) is 10.5 Å². The number of halogens is 2. The number of hydrogen-bond acceptors (Lipinski definition) is 5. The third kappa shape index (κ3) is 2.96. The first-order valence-electron chi connectivity index (χ1n) is 6.87. The van der Waals surface area contributed by atoms with Crippen molar-refractivity contribution in [2.75, 3.05) is 0 Å². The van der Waals surface area contributed by atoms with Crippen molar-refractivity contribution in [3.63, 3.8) is 0 Å². The second-order valence-corrected chi connectivity index (χ2v) is 9.89. The maximum Gasteiger partial charge on any atom is 0.355 e. The summed E-state index contributed by atoms with van der Waals surface area (Å²) in [5.74, 6) is -1.77. The molecule has 0 aliphatic heterocycles. The molecule has 0 saturated carbocycles. The lowest BCUT2D eigenvalue weighted by molar-refractivity contribution is 0.0685. The summed E-state index contributed by atoms with van der Waals surface area (Å²) in [6.07, 6.45) is 0. The SMILES string of the molecule is O=C(O)c1c(S(=O)(=O)Cl)c2cc(Cl)ccc2n1S(=O)(=O)c1ccccc1. The Kier molecular flexibility index (Phi) is 4.51. The number of benzene rings is 2. The summed E-state index contributed by atoms with van der Waals surface area (Å²) in [6.45, 7) is 0. The first-order valence-corrected chi connectivity index (χ1v) is 11.0. The van der Waals surface area contributed by atoms with Crippen LogP contribution in [0.4, 0.5) is 0 Å². The van der Waals surface area contributed by atoms with Crippen molar-refractivity contribution in [2.24, 2.45) is 0 Å². The number of carboxylic acid groups (broad SMARTS) is 1. The number of aromatic carboxylic acids is 1. The smallest absolute Gasteiger partial charge is 0.355 e. The maximum absolute atomic E-state index is 13.0. The number of carbonyl (C=O) groups is 1. The lowest BCUT2D eigenvalue weighted by atomic mass is 10.2. The third-order valence-corrected chi connectivity index (χ3v) is 6.89. The average molecular weight is 434 g/mol. The van der Waals surface area contributed by atoms with Gasteiger partial charge in [-0.25, -0.2) is 25.6 Å². The predicted octanol–water partition coefficient (Wildman–Crippen LogP) is 3.16. The van der Waals surface area contributed by atoms with Crippen LogP contribution in [0.2, 0.25) is 5.02 Å². The highest BCUT2D eigenvalue weighted by molar-refractivity contribution is 8.14. The van der Waals surface area contributed by atoms with Gasteiger partial charge in [-0.05, 0) is 30.3 Å². The molecule has 0 bridgehead atoms. The predicted molar refractivity (Wildman–Crippen MR) is 96.0 cm³/mol. The molecule has 0 radical (unpaired) electrons. The van der Waals surface area contributed by atoms with Gasteiger partial charge in [-0.15, -0.1) is 0 Å². The molecule has 0 spiro atoms. The van der Waals surface area contributed by atoms with Gasteiger partial charge in [0.05, 0.1) is 10.4 Å². The molecule has 1 aromatic heterocycles. The van der Waals surface area contributed by atoms with Crippen molar-refractivity contribution < 1.29 is 26.7 Å². The van der Waals surface area contributed by atoms with Gasteiger partial charge < -0.3 is 5.11 Å². The Morgan fingerprint density at radius 2 is 1.62 bits per heavy atom. The second kappa shape index (κ2) is 6.27. The van der Waals surface area contributed by atoms with E-state index < -0.39 is 35.6 Å². The highest BCUT2D eigenvalue weighted by atomic mass is 35.7. The van der Waals surface area contributed by atoms with Gasteiger partial charge in [-0.2, -0.15) is 0 Å². The quantitative estimate of drug-likeness (QED) is 0.632. The summed E-state index contributed by atoms with van der Waals surface area (Å²) in [4.78, 5) is 10.7. The monoisotopic (exact) mass is 433 g/mol. The molecular formula is C15H9Cl2NO6S2. The van der Waals surface area contributed by atoms with Gasteiger partial charge in [0.2, 0.25) is 0 Å². The van der Waals surface area contributed by atoms with Crippen LogP contribution in [0.25, 0.3) is 10.9 Å². The highest BCUT2D eigenvalue weighted by Gasteiger charge is 2.35. The van der Waals surface area contributed by atoms with Crippen molar-refractivity contribution in [3.05, 3.63) is 59.2 Å². The molecular weight excluding hydrogens is 425 g/mol. The van der Waals surface area contributed by atoms with Crippen LogP contribution in [-0.4, -0.2) is 31.9 Å². The summed E-state index contributed by atoms with van der Waals surface area (Å²) in [5, 5.41) is 9.43. The van der Waals surface area contributed by atoms with E-state index in [0.29, 0.717) is 3.97 Å². The number of nitrogens with zero attached hydrogens (tertiary/aromatic N) is 1. The fourth-order valence-electron chi connectivity index (χ4n) is 2.59. The molecule has 11 heteroatoms. The number of fused-ring (bicyclic) bond motifs is 1. The molecule has 3 aromatic rings. The van der Waals surface area contributed by atoms with Gasteiger partial charge in [0, 0.05) is 21.1 Å². The fraction of sp³-hybridized carbons (Fsp3) is 0. The molecule has 0 fully saturated rings. The van der Waals surface area contributed by atoms with Gasteiger partial charge in [-0.1, -0.05) is 29.8 Å². The molecule has 0 unspecified atom stereocenters. The highest BCUT2D eigenvalue weighted by Crippen LogP contribution is 2.36. The molecule has 0 aliphatic rings. The lowest BCUT2D eigenvalue weighted by Gasteiger charge is -2.10. The molecule has 7 nitrogen and oxygen atoms in total. The molecule has 0 atom stereocenters. The molecule has 3 rings (SSSR count). The molecule has 2 aromatic carbocycles. The second-order valence-electron chi connectivity index (χ2n) is 5.16. The molecule has 0 amide bonds. The summed E-state index contributed by atoms with van der Waals surface area (Å²) in [6, 6.07) is 10.7. The Morgan fingerprint density at radius 3 is 2.15 bits per heavy atom. The lowest BCUT2D eigenvalue weighted by Crippen LogP contribution is -2.19. The van der Waals surface area contributed by atoms with Crippen LogP contribution >= 0.6 is 22.3 Å². The number of rotatable bonds is 4. The van der Waals surface area contributed by atoms with E-state index in [9.17, 15) is 26.7 Å². The van der Waals surface area contributed by atoms with E-state index in [1.165, 1.54) is 36.4 Å². The van der Waals surface area contributed by atoms with Gasteiger partial charge in [0.15, 0.2) is 5.69 Å². The Hall–Kier alpha value is -2.07. The van der Waals surface area contributed by atoms with E-state index in [0.717, 1.165) is 6.07 Å². The van der Waals surface area contributed by atoms with Crippen molar-refractivity contribution in [3.8, 4) is 0 Å². The average Bonchev–Trinajstić information content (AvgIpc) is 2.91. The van der Waals surface area contributed by atoms with E-state index in [1.807, 2.05) is 0 Å². The van der Waals surface area contributed by atoms with Crippen LogP contribution in [0, 0.1) is 0 Å². The van der Waals surface area contributed by atoms with E-state index in [-0.39, 0.29) is 20.8 Å². The van der Waals surface area contributed by atoms with E-state index >= 15 is 0 Å². The Morgan fingerprint density at radius 1 is 1.00 bits per heavy atom. The largest absolute Gasteiger partial charge is 0.477 e. The number of aromatic nitrogens is 1. The van der Waals surface area contributed by atoms with E-state index in [4.69, 9.17) is 22.3 Å². The minimum atomic E-state index is -4.60. The molecule has 0 aliphatic carbocycles. The third-order valence-electron chi connectivity index (χ3n) is 3.57. The van der Waals surface area contributed by atoms with Gasteiger partial charge >= 0.3 is 5.97 Å². The normalized spacial score (nSPS) is 12.4. The minimum Gasteiger partial charge on any atom is -0.477 e. The molecule has 136 valence electrons. The fourth-order valence-corrected chi connectivity index (χ4v) is 5.66. The molecule has 26 heavy (non-hydrogen) atoms. The first kappa shape index (κ1) is 18.7. The van der Waals surface area contributed by atoms with Crippen molar-refractivity contribution >= 4 is 58.2 Å². The van der Waals surface area contributed by atoms with E-state index in [1.54, 1.807) is 6.07 Å². The summed E-state index contributed by atoms with van der Waals surface area (Å²) >= 11 is 5.87. The maximum atomic E-state index is 13.0. The summed E-state index contributed by atoms with van der Waals surface area (Å²) in [7, 11) is -3.61. The van der Waals surface area contributed by atoms with Gasteiger partial charge in [0.1, 0.15) is 4.90 Å². The molecule has 0 saturated heterocycles. The van der Waals surface area contributed by atoms with Crippen molar-refractivity contribution in [2.45, 2.75) is 9.79 Å². The Labute approximate surface area is 157 Å². The van der Waals surface area contributed by atoms with Crippen molar-refractivity contribution in [1.82, 2.24) is 3.97 Å². The number of carboxylic acids is 1. The van der Waals surface area contributed by atoms with Crippen molar-refractivity contribution in [1.29, 1.82) is 0 Å². The minimum absolute atomic E-state index is 0.0882. The van der Waals surface area contributed by atoms with Crippen LogP contribution in [0.15, 0.2) is 58.3 Å². The van der Waals surface area contributed by atoms with Crippen LogP contribution < -0.4 is 0 Å². The van der Waals surface area contributed by atoms with Crippen LogP contribution in [0.3, 0.4) is 0 Å². The zero-order valence-corrected chi connectivity index (χ0v) is 15.8. The van der Waals surface area contributed by atoms with Gasteiger partial charge in [0.25, 0.3) is 19.1 Å². The zero-order chi connectivity index (χ0) is 19.3. The first-order chi connectivity index (χ1) is 12.0. The Balaban J connectivity index is 2.59. The van der Waals surface area contributed by atoms with Crippen LogP contribution in [-0.2, 0) is 19.1 Å². The van der Waals surface area contributed by atoms with E-state index in [2.05, 4.69) is 0 Å². The van der Waals surface area contributed by atoms with Gasteiger partial charge in [-0.3, -0.25) is 0 Å². The molecule has 1 heterocycles. The molecule has 1 N–H and O–H groups in total. The number of hydrogen-bond donors (Lipinski definition) is 1. The zero-order valence-electron chi connectivity index (χ0n) is 12.6. The summed E-state index contributed by atoms with van der Waals surface area (Å²) < 4.78 is 50.5.